The van der Waals surface area contributed by atoms with Crippen LogP contribution in [0.1, 0.15) is 50.1 Å². The number of amides is 2. The van der Waals surface area contributed by atoms with Gasteiger partial charge < -0.3 is 14.7 Å². The third-order valence-electron chi connectivity index (χ3n) is 6.67. The van der Waals surface area contributed by atoms with E-state index >= 15 is 0 Å². The van der Waals surface area contributed by atoms with E-state index in [-0.39, 0.29) is 11.8 Å². The van der Waals surface area contributed by atoms with Crippen LogP contribution in [0.5, 0.6) is 0 Å². The van der Waals surface area contributed by atoms with Crippen molar-refractivity contribution in [3.8, 4) is 0 Å². The Labute approximate surface area is 181 Å². The second kappa shape index (κ2) is 9.94. The van der Waals surface area contributed by atoms with Gasteiger partial charge in [-0.25, -0.2) is 0 Å². The maximum atomic E-state index is 12.8. The largest absolute Gasteiger partial charge is 0.343 e. The highest BCUT2D eigenvalue weighted by Gasteiger charge is 2.31. The number of aromatic nitrogens is 2. The molecule has 2 fully saturated rings. The SMILES string of the molecule is Cc1nn(CC(C)C)c(C)c1CCC(=O)N1CCC(C(=O)N2CCN(C)CC2)CC1. The summed E-state index contributed by atoms with van der Waals surface area (Å²) in [6.45, 7) is 14.4. The molecule has 168 valence electrons. The number of carbonyl (C=O) groups excluding carboxylic acids is 2. The Morgan fingerprint density at radius 3 is 2.23 bits per heavy atom. The zero-order chi connectivity index (χ0) is 21.8. The normalized spacial score (nSPS) is 19.0. The molecule has 7 nitrogen and oxygen atoms in total. The Morgan fingerprint density at radius 2 is 1.63 bits per heavy atom. The molecule has 0 saturated carbocycles. The fraction of sp³-hybridized carbons (Fsp3) is 0.783. The molecule has 0 radical (unpaired) electrons. The first kappa shape index (κ1) is 22.8. The van der Waals surface area contributed by atoms with Crippen LogP contribution < -0.4 is 0 Å². The lowest BCUT2D eigenvalue weighted by atomic mass is 9.94. The van der Waals surface area contributed by atoms with E-state index in [0.29, 0.717) is 31.3 Å². The quantitative estimate of drug-likeness (QED) is 0.711. The molecule has 3 heterocycles. The molecule has 2 amide bonds. The summed E-state index contributed by atoms with van der Waals surface area (Å²) < 4.78 is 2.08. The molecule has 0 spiro atoms. The van der Waals surface area contributed by atoms with Gasteiger partial charge in [-0.1, -0.05) is 13.8 Å². The molecule has 7 heteroatoms. The summed E-state index contributed by atoms with van der Waals surface area (Å²) in [4.78, 5) is 31.8. The second-order valence-corrected chi connectivity index (χ2v) is 9.51. The second-order valence-electron chi connectivity index (χ2n) is 9.51. The predicted molar refractivity (Wildman–Crippen MR) is 118 cm³/mol. The van der Waals surface area contributed by atoms with E-state index in [4.69, 9.17) is 0 Å². The standard InChI is InChI=1S/C23H39N5O2/c1-17(2)16-28-19(4)21(18(3)24-28)6-7-22(29)26-10-8-20(9-11-26)23(30)27-14-12-25(5)13-15-27/h17,20H,6-16H2,1-5H3. The van der Waals surface area contributed by atoms with E-state index in [1.807, 2.05) is 16.7 Å². The first-order valence-corrected chi connectivity index (χ1v) is 11.5. The summed E-state index contributed by atoms with van der Waals surface area (Å²) in [6, 6.07) is 0. The van der Waals surface area contributed by atoms with Crippen LogP contribution in [0, 0.1) is 25.7 Å². The Bertz CT molecular complexity index is 741. The maximum Gasteiger partial charge on any atom is 0.225 e. The molecule has 2 aliphatic heterocycles. The highest BCUT2D eigenvalue weighted by molar-refractivity contribution is 5.80. The smallest absolute Gasteiger partial charge is 0.225 e. The summed E-state index contributed by atoms with van der Waals surface area (Å²) in [7, 11) is 2.10. The van der Waals surface area contributed by atoms with E-state index in [1.54, 1.807) is 0 Å². The lowest BCUT2D eigenvalue weighted by Gasteiger charge is -2.37. The summed E-state index contributed by atoms with van der Waals surface area (Å²) in [5.74, 6) is 1.12. The van der Waals surface area contributed by atoms with Crippen LogP contribution in [0.25, 0.3) is 0 Å². The molecule has 0 aromatic carbocycles. The molecule has 2 aliphatic rings. The Morgan fingerprint density at radius 1 is 1.00 bits per heavy atom. The third-order valence-corrected chi connectivity index (χ3v) is 6.67. The van der Waals surface area contributed by atoms with Crippen LogP contribution in [0.2, 0.25) is 0 Å². The molecule has 30 heavy (non-hydrogen) atoms. The Balaban J connectivity index is 1.47. The topological polar surface area (TPSA) is 61.7 Å². The zero-order valence-electron chi connectivity index (χ0n) is 19.5. The van der Waals surface area contributed by atoms with Gasteiger partial charge in [-0.2, -0.15) is 5.10 Å². The van der Waals surface area contributed by atoms with Gasteiger partial charge >= 0.3 is 0 Å². The molecular weight excluding hydrogens is 378 g/mol. The minimum atomic E-state index is 0.0798. The van der Waals surface area contributed by atoms with E-state index in [0.717, 1.165) is 57.7 Å². The monoisotopic (exact) mass is 417 g/mol. The van der Waals surface area contributed by atoms with E-state index in [9.17, 15) is 9.59 Å². The van der Waals surface area contributed by atoms with Gasteiger partial charge in [0.15, 0.2) is 0 Å². The van der Waals surface area contributed by atoms with Crippen LogP contribution in [-0.4, -0.2) is 82.6 Å². The van der Waals surface area contributed by atoms with Crippen molar-refractivity contribution in [3.63, 3.8) is 0 Å². The molecule has 0 N–H and O–H groups in total. The van der Waals surface area contributed by atoms with Crippen molar-refractivity contribution in [3.05, 3.63) is 17.0 Å². The number of nitrogens with zero attached hydrogens (tertiary/aromatic N) is 5. The number of hydrogen-bond acceptors (Lipinski definition) is 4. The first-order valence-electron chi connectivity index (χ1n) is 11.5. The van der Waals surface area contributed by atoms with Crippen LogP contribution in [-0.2, 0) is 22.6 Å². The fourth-order valence-electron chi connectivity index (χ4n) is 4.67. The number of aryl methyl sites for hydroxylation is 1. The third kappa shape index (κ3) is 5.42. The van der Waals surface area contributed by atoms with Crippen molar-refractivity contribution in [2.45, 2.75) is 59.9 Å². The maximum absolute atomic E-state index is 12.8. The molecular formula is C23H39N5O2. The van der Waals surface area contributed by atoms with Crippen molar-refractivity contribution in [1.82, 2.24) is 24.5 Å². The van der Waals surface area contributed by atoms with Crippen molar-refractivity contribution in [1.29, 1.82) is 0 Å². The number of piperazine rings is 1. The number of piperidine rings is 1. The average molecular weight is 418 g/mol. The van der Waals surface area contributed by atoms with E-state index in [2.05, 4.69) is 42.5 Å². The van der Waals surface area contributed by atoms with Gasteiger partial charge in [0, 0.05) is 63.8 Å². The number of likely N-dealkylation sites (N-methyl/N-ethyl adjacent to an activating group) is 1. The molecule has 3 rings (SSSR count). The molecule has 0 bridgehead atoms. The molecule has 0 atom stereocenters. The average Bonchev–Trinajstić information content (AvgIpc) is 2.98. The van der Waals surface area contributed by atoms with Crippen LogP contribution in [0.15, 0.2) is 0 Å². The van der Waals surface area contributed by atoms with Crippen LogP contribution >= 0.6 is 0 Å². The van der Waals surface area contributed by atoms with Crippen LogP contribution in [0.4, 0.5) is 0 Å². The lowest BCUT2D eigenvalue weighted by Crippen LogP contribution is -2.51. The van der Waals surface area contributed by atoms with E-state index in [1.165, 1.54) is 11.3 Å². The lowest BCUT2D eigenvalue weighted by molar-refractivity contribution is -0.141. The molecule has 0 unspecified atom stereocenters. The Kier molecular flexibility index (Phi) is 7.55. The van der Waals surface area contributed by atoms with Gasteiger partial charge in [0.2, 0.25) is 11.8 Å². The minimum Gasteiger partial charge on any atom is -0.343 e. The van der Waals surface area contributed by atoms with Crippen LogP contribution in [0.3, 0.4) is 0 Å². The van der Waals surface area contributed by atoms with Crippen molar-refractivity contribution < 1.29 is 9.59 Å². The van der Waals surface area contributed by atoms with Gasteiger partial charge in [0.1, 0.15) is 0 Å². The minimum absolute atomic E-state index is 0.0798. The van der Waals surface area contributed by atoms with E-state index < -0.39 is 0 Å². The summed E-state index contributed by atoms with van der Waals surface area (Å²) in [6.07, 6.45) is 2.85. The van der Waals surface area contributed by atoms with Gasteiger partial charge in [-0.05, 0) is 51.6 Å². The predicted octanol–water partition coefficient (Wildman–Crippen LogP) is 2.10. The van der Waals surface area contributed by atoms with Crippen molar-refractivity contribution in [2.75, 3.05) is 46.3 Å². The molecule has 1 aromatic heterocycles. The first-order chi connectivity index (χ1) is 14.3. The fourth-order valence-corrected chi connectivity index (χ4v) is 4.67. The van der Waals surface area contributed by atoms with Gasteiger partial charge in [0.25, 0.3) is 0 Å². The highest BCUT2D eigenvalue weighted by atomic mass is 16.2. The highest BCUT2D eigenvalue weighted by Crippen LogP contribution is 2.22. The molecule has 0 aliphatic carbocycles. The zero-order valence-corrected chi connectivity index (χ0v) is 19.5. The van der Waals surface area contributed by atoms with Crippen molar-refractivity contribution >= 4 is 11.8 Å². The van der Waals surface area contributed by atoms with Gasteiger partial charge in [-0.3, -0.25) is 14.3 Å². The van der Waals surface area contributed by atoms with Gasteiger partial charge in [-0.15, -0.1) is 0 Å². The number of hydrogen-bond donors (Lipinski definition) is 0. The molecule has 2 saturated heterocycles. The molecule has 1 aromatic rings. The Hall–Kier alpha value is -1.89. The van der Waals surface area contributed by atoms with Crippen molar-refractivity contribution in [2.24, 2.45) is 11.8 Å². The van der Waals surface area contributed by atoms with Gasteiger partial charge in [0.05, 0.1) is 5.69 Å². The summed E-state index contributed by atoms with van der Waals surface area (Å²) in [5.41, 5.74) is 3.44. The number of likely N-dealkylation sites (tertiary alicyclic amines) is 1. The number of rotatable bonds is 6. The number of carbonyl (C=O) groups is 2. The summed E-state index contributed by atoms with van der Waals surface area (Å²) in [5, 5.41) is 4.67. The summed E-state index contributed by atoms with van der Waals surface area (Å²) >= 11 is 0.